The Kier molecular flexibility index (Phi) is 7.82. The molecule has 1 unspecified atom stereocenters. The molecule has 5 heteroatoms. The molecule has 1 saturated heterocycles. The van der Waals surface area contributed by atoms with Crippen LogP contribution in [0.4, 0.5) is 0 Å². The molecule has 0 aromatic rings. The predicted molar refractivity (Wildman–Crippen MR) is 101 cm³/mol. The number of hydrogen-bond donors (Lipinski definition) is 3. The number of hydrogen-bond acceptors (Lipinski definition) is 3. The summed E-state index contributed by atoms with van der Waals surface area (Å²) in [5, 5.41) is 17.1. The standard InChI is InChI=1S/C19H38N4O/c1-4-20-18(22-15-19(24)10-9-11-19)21-14-17(16(2)3)23-12-7-5-6-8-13-23/h16-17,24H,4-15H2,1-3H3,(H2,20,21,22). The average Bonchev–Trinajstić information content (AvgIpc) is 2.79. The van der Waals surface area contributed by atoms with Crippen LogP contribution in [0, 0.1) is 5.92 Å². The first-order chi connectivity index (χ1) is 11.5. The van der Waals surface area contributed by atoms with Crippen molar-refractivity contribution in [2.75, 3.05) is 32.7 Å². The minimum absolute atomic E-state index is 0.512. The molecule has 2 fully saturated rings. The lowest BCUT2D eigenvalue weighted by atomic mass is 9.80. The van der Waals surface area contributed by atoms with E-state index in [1.165, 1.54) is 38.8 Å². The molecule has 0 aromatic heterocycles. The highest BCUT2D eigenvalue weighted by atomic mass is 16.3. The Morgan fingerprint density at radius 1 is 1.08 bits per heavy atom. The summed E-state index contributed by atoms with van der Waals surface area (Å²) >= 11 is 0. The van der Waals surface area contributed by atoms with Gasteiger partial charge in [-0.2, -0.15) is 0 Å². The first-order valence-electron chi connectivity index (χ1n) is 10.0. The fourth-order valence-corrected chi connectivity index (χ4v) is 3.73. The Labute approximate surface area is 148 Å². The second-order valence-electron chi connectivity index (χ2n) is 7.92. The molecule has 140 valence electrons. The van der Waals surface area contributed by atoms with E-state index < -0.39 is 5.60 Å². The van der Waals surface area contributed by atoms with Crippen LogP contribution in [0.3, 0.4) is 0 Å². The largest absolute Gasteiger partial charge is 0.388 e. The van der Waals surface area contributed by atoms with Gasteiger partial charge in [0.05, 0.1) is 12.1 Å². The zero-order valence-corrected chi connectivity index (χ0v) is 16.0. The van der Waals surface area contributed by atoms with Crippen LogP contribution in [0.5, 0.6) is 0 Å². The van der Waals surface area contributed by atoms with Crippen molar-refractivity contribution in [1.29, 1.82) is 0 Å². The zero-order valence-electron chi connectivity index (χ0n) is 16.0. The van der Waals surface area contributed by atoms with E-state index in [0.29, 0.717) is 18.5 Å². The highest BCUT2D eigenvalue weighted by Gasteiger charge is 2.34. The molecule has 1 saturated carbocycles. The van der Waals surface area contributed by atoms with Crippen LogP contribution in [0.1, 0.15) is 65.7 Å². The van der Waals surface area contributed by atoms with Crippen LogP contribution < -0.4 is 10.6 Å². The van der Waals surface area contributed by atoms with Gasteiger partial charge in [0.2, 0.25) is 0 Å². The second kappa shape index (κ2) is 9.62. The van der Waals surface area contributed by atoms with Crippen LogP contribution in [-0.4, -0.2) is 60.3 Å². The molecule has 0 aromatic carbocycles. The lowest BCUT2D eigenvalue weighted by molar-refractivity contribution is -0.0236. The zero-order chi connectivity index (χ0) is 17.4. The number of rotatable bonds is 7. The van der Waals surface area contributed by atoms with Gasteiger partial charge in [-0.25, -0.2) is 0 Å². The van der Waals surface area contributed by atoms with Gasteiger partial charge in [-0.3, -0.25) is 9.89 Å². The van der Waals surface area contributed by atoms with Crippen molar-refractivity contribution in [1.82, 2.24) is 15.5 Å². The Morgan fingerprint density at radius 2 is 1.75 bits per heavy atom. The third kappa shape index (κ3) is 5.92. The summed E-state index contributed by atoms with van der Waals surface area (Å²) in [4.78, 5) is 7.29. The molecular weight excluding hydrogens is 300 g/mol. The van der Waals surface area contributed by atoms with Crippen LogP contribution in [0.2, 0.25) is 0 Å². The van der Waals surface area contributed by atoms with Crippen LogP contribution in [-0.2, 0) is 0 Å². The van der Waals surface area contributed by atoms with Gasteiger partial charge in [-0.15, -0.1) is 0 Å². The SMILES string of the molecule is CCNC(=NCC1(O)CCC1)NCC(C(C)C)N1CCCCCC1. The molecule has 0 bridgehead atoms. The molecule has 1 heterocycles. The van der Waals surface area contributed by atoms with Gasteiger partial charge in [0, 0.05) is 19.1 Å². The van der Waals surface area contributed by atoms with Crippen molar-refractivity contribution in [2.24, 2.45) is 10.9 Å². The number of guanidine groups is 1. The molecule has 0 radical (unpaired) electrons. The van der Waals surface area contributed by atoms with Crippen molar-refractivity contribution >= 4 is 5.96 Å². The molecule has 2 aliphatic rings. The van der Waals surface area contributed by atoms with Crippen molar-refractivity contribution in [3.8, 4) is 0 Å². The molecule has 1 aliphatic carbocycles. The van der Waals surface area contributed by atoms with E-state index in [1.807, 2.05) is 0 Å². The molecule has 1 atom stereocenters. The van der Waals surface area contributed by atoms with Gasteiger partial charge < -0.3 is 15.7 Å². The quantitative estimate of drug-likeness (QED) is 0.493. The van der Waals surface area contributed by atoms with Gasteiger partial charge in [0.15, 0.2) is 5.96 Å². The summed E-state index contributed by atoms with van der Waals surface area (Å²) in [5.41, 5.74) is -0.551. The molecule has 1 aliphatic heterocycles. The van der Waals surface area contributed by atoms with E-state index in [1.54, 1.807) is 0 Å². The van der Waals surface area contributed by atoms with E-state index in [2.05, 4.69) is 41.3 Å². The van der Waals surface area contributed by atoms with Crippen molar-refractivity contribution in [2.45, 2.75) is 77.4 Å². The average molecular weight is 339 g/mol. The maximum atomic E-state index is 10.3. The third-order valence-electron chi connectivity index (χ3n) is 5.52. The Bertz CT molecular complexity index is 385. The van der Waals surface area contributed by atoms with E-state index in [-0.39, 0.29) is 0 Å². The molecule has 3 N–H and O–H groups in total. The van der Waals surface area contributed by atoms with Gasteiger partial charge in [0.25, 0.3) is 0 Å². The highest BCUT2D eigenvalue weighted by Crippen LogP contribution is 2.31. The summed E-state index contributed by atoms with van der Waals surface area (Å²) in [6.07, 6.45) is 8.29. The van der Waals surface area contributed by atoms with Crippen LogP contribution in [0.25, 0.3) is 0 Å². The van der Waals surface area contributed by atoms with Crippen LogP contribution >= 0.6 is 0 Å². The van der Waals surface area contributed by atoms with E-state index >= 15 is 0 Å². The van der Waals surface area contributed by atoms with E-state index in [9.17, 15) is 5.11 Å². The maximum absolute atomic E-state index is 10.3. The smallest absolute Gasteiger partial charge is 0.191 e. The van der Waals surface area contributed by atoms with E-state index in [4.69, 9.17) is 0 Å². The second-order valence-corrected chi connectivity index (χ2v) is 7.92. The normalized spacial score (nSPS) is 23.5. The van der Waals surface area contributed by atoms with E-state index in [0.717, 1.165) is 38.3 Å². The van der Waals surface area contributed by atoms with Crippen molar-refractivity contribution in [3.63, 3.8) is 0 Å². The van der Waals surface area contributed by atoms with Gasteiger partial charge in [0.1, 0.15) is 0 Å². The predicted octanol–water partition coefficient (Wildman–Crippen LogP) is 2.36. The number of aliphatic hydroxyl groups is 1. The van der Waals surface area contributed by atoms with Crippen molar-refractivity contribution in [3.05, 3.63) is 0 Å². The molecule has 2 rings (SSSR count). The summed E-state index contributed by atoms with van der Waals surface area (Å²) < 4.78 is 0. The number of nitrogens with one attached hydrogen (secondary N) is 2. The Hall–Kier alpha value is -0.810. The van der Waals surface area contributed by atoms with Gasteiger partial charge in [-0.1, -0.05) is 26.7 Å². The lowest BCUT2D eigenvalue weighted by Crippen LogP contribution is -2.50. The van der Waals surface area contributed by atoms with Gasteiger partial charge >= 0.3 is 0 Å². The number of nitrogens with zero attached hydrogens (tertiary/aromatic N) is 2. The third-order valence-corrected chi connectivity index (χ3v) is 5.52. The number of aliphatic imine (C=N–C) groups is 1. The highest BCUT2D eigenvalue weighted by molar-refractivity contribution is 5.79. The molecule has 5 nitrogen and oxygen atoms in total. The lowest BCUT2D eigenvalue weighted by Gasteiger charge is -2.36. The topological polar surface area (TPSA) is 59.9 Å². The number of likely N-dealkylation sites (tertiary alicyclic amines) is 1. The van der Waals surface area contributed by atoms with Crippen molar-refractivity contribution < 1.29 is 5.11 Å². The first-order valence-corrected chi connectivity index (χ1v) is 10.0. The summed E-state index contributed by atoms with van der Waals surface area (Å²) in [5.74, 6) is 1.47. The monoisotopic (exact) mass is 338 g/mol. The Balaban J connectivity index is 1.89. The maximum Gasteiger partial charge on any atom is 0.191 e. The fraction of sp³-hybridized carbons (Fsp3) is 0.947. The first kappa shape index (κ1) is 19.5. The van der Waals surface area contributed by atoms with Gasteiger partial charge in [-0.05, 0) is 58.0 Å². The Morgan fingerprint density at radius 3 is 2.25 bits per heavy atom. The fourth-order valence-electron chi connectivity index (χ4n) is 3.73. The molecule has 0 amide bonds. The van der Waals surface area contributed by atoms with Crippen LogP contribution in [0.15, 0.2) is 4.99 Å². The summed E-state index contributed by atoms with van der Waals surface area (Å²) in [6.45, 7) is 11.4. The molecular formula is C19H38N4O. The molecule has 0 spiro atoms. The summed E-state index contributed by atoms with van der Waals surface area (Å²) in [7, 11) is 0. The molecule has 24 heavy (non-hydrogen) atoms. The minimum Gasteiger partial charge on any atom is -0.388 e. The summed E-state index contributed by atoms with van der Waals surface area (Å²) in [6, 6.07) is 0.541. The minimum atomic E-state index is -0.551.